The van der Waals surface area contributed by atoms with Crippen LogP contribution in [0.5, 0.6) is 0 Å². The number of nitrogens with two attached hydrogens (primary N) is 1. The van der Waals surface area contributed by atoms with E-state index in [1.807, 2.05) is 0 Å². The van der Waals surface area contributed by atoms with Gasteiger partial charge < -0.3 is 16.2 Å². The lowest BCUT2D eigenvalue weighted by Crippen LogP contribution is -2.43. The van der Waals surface area contributed by atoms with Gasteiger partial charge in [0.05, 0.1) is 6.42 Å². The predicted octanol–water partition coefficient (Wildman–Crippen LogP) is -1.52. The molecular weight excluding hydrogens is 228 g/mol. The average molecular weight is 240 g/mol. The van der Waals surface area contributed by atoms with Gasteiger partial charge in [-0.2, -0.15) is 5.10 Å². The second-order valence-electron chi connectivity index (χ2n) is 3.41. The molecule has 8 heteroatoms. The molecule has 17 heavy (non-hydrogen) atoms. The van der Waals surface area contributed by atoms with Gasteiger partial charge in [-0.1, -0.05) is 0 Å². The molecule has 0 aliphatic carbocycles. The molecule has 0 aromatic carbocycles. The first-order valence-electron chi connectivity index (χ1n) is 4.71. The number of carbonyl (C=O) groups excluding carboxylic acids is 2. The average Bonchev–Trinajstić information content (AvgIpc) is 2.63. The van der Waals surface area contributed by atoms with E-state index in [1.165, 1.54) is 10.7 Å². The van der Waals surface area contributed by atoms with Crippen LogP contribution in [0.25, 0.3) is 0 Å². The minimum absolute atomic E-state index is 0.0724. The molecule has 0 unspecified atom stereocenters. The summed E-state index contributed by atoms with van der Waals surface area (Å²) in [6.45, 7) is 0. The fourth-order valence-corrected chi connectivity index (χ4v) is 1.17. The van der Waals surface area contributed by atoms with Gasteiger partial charge in [0.1, 0.15) is 11.7 Å². The zero-order valence-corrected chi connectivity index (χ0v) is 9.08. The van der Waals surface area contributed by atoms with Crippen molar-refractivity contribution < 1.29 is 19.5 Å². The Balaban J connectivity index is 2.70. The number of carboxylic acid groups (broad SMARTS) is 1. The standard InChI is InChI=1S/C9H12N4O4/c1-13-3-2-5(12-13)8(15)11-6(9(16)17)4-7(10)14/h2-3,6H,4H2,1H3,(H2,10,14)(H,11,15)(H,16,17)/t6-/m0/s1. The highest BCUT2D eigenvalue weighted by molar-refractivity contribution is 5.96. The smallest absolute Gasteiger partial charge is 0.326 e. The summed E-state index contributed by atoms with van der Waals surface area (Å²) in [5.74, 6) is -2.80. The third-order valence-electron chi connectivity index (χ3n) is 1.95. The van der Waals surface area contributed by atoms with Crippen molar-refractivity contribution in [1.29, 1.82) is 0 Å². The Morgan fingerprint density at radius 2 is 2.24 bits per heavy atom. The largest absolute Gasteiger partial charge is 0.480 e. The van der Waals surface area contributed by atoms with Gasteiger partial charge in [-0.05, 0) is 6.07 Å². The summed E-state index contributed by atoms with van der Waals surface area (Å²) in [5.41, 5.74) is 4.95. The van der Waals surface area contributed by atoms with Crippen molar-refractivity contribution >= 4 is 17.8 Å². The number of rotatable bonds is 5. The van der Waals surface area contributed by atoms with E-state index in [9.17, 15) is 14.4 Å². The number of nitrogens with zero attached hydrogens (tertiary/aromatic N) is 2. The van der Waals surface area contributed by atoms with E-state index in [4.69, 9.17) is 10.8 Å². The summed E-state index contributed by atoms with van der Waals surface area (Å²) in [6.07, 6.45) is 1.08. The molecule has 0 aliphatic rings. The number of hydrogen-bond donors (Lipinski definition) is 3. The minimum Gasteiger partial charge on any atom is -0.480 e. The third kappa shape index (κ3) is 3.59. The van der Waals surface area contributed by atoms with Crippen LogP contribution in [-0.4, -0.2) is 38.7 Å². The van der Waals surface area contributed by atoms with E-state index in [0.717, 1.165) is 0 Å². The maximum Gasteiger partial charge on any atom is 0.326 e. The lowest BCUT2D eigenvalue weighted by molar-refractivity contribution is -0.140. The van der Waals surface area contributed by atoms with Gasteiger partial charge in [0.2, 0.25) is 5.91 Å². The number of hydrogen-bond acceptors (Lipinski definition) is 4. The van der Waals surface area contributed by atoms with Crippen LogP contribution >= 0.6 is 0 Å². The minimum atomic E-state index is -1.35. The number of carboxylic acids is 1. The Morgan fingerprint density at radius 3 is 2.65 bits per heavy atom. The zero-order valence-electron chi connectivity index (χ0n) is 9.08. The first-order valence-corrected chi connectivity index (χ1v) is 4.71. The van der Waals surface area contributed by atoms with Gasteiger partial charge in [-0.15, -0.1) is 0 Å². The van der Waals surface area contributed by atoms with Crippen LogP contribution in [0.1, 0.15) is 16.9 Å². The molecule has 0 saturated carbocycles. The number of carbonyl (C=O) groups is 3. The van der Waals surface area contributed by atoms with Gasteiger partial charge in [-0.3, -0.25) is 14.3 Å². The first kappa shape index (κ1) is 12.7. The molecule has 0 fully saturated rings. The van der Waals surface area contributed by atoms with Crippen molar-refractivity contribution in [3.05, 3.63) is 18.0 Å². The van der Waals surface area contributed by atoms with Gasteiger partial charge in [0, 0.05) is 13.2 Å². The highest BCUT2D eigenvalue weighted by Gasteiger charge is 2.23. The van der Waals surface area contributed by atoms with Crippen LogP contribution < -0.4 is 11.1 Å². The molecule has 2 amide bonds. The van der Waals surface area contributed by atoms with Crippen molar-refractivity contribution in [3.8, 4) is 0 Å². The molecule has 0 spiro atoms. The predicted molar refractivity (Wildman–Crippen MR) is 55.9 cm³/mol. The van der Waals surface area contributed by atoms with Crippen molar-refractivity contribution in [2.24, 2.45) is 12.8 Å². The molecule has 0 radical (unpaired) electrons. The quantitative estimate of drug-likeness (QED) is 0.575. The molecule has 0 aliphatic heterocycles. The lowest BCUT2D eigenvalue weighted by atomic mass is 10.2. The summed E-state index contributed by atoms with van der Waals surface area (Å²) < 4.78 is 1.40. The number of aromatic nitrogens is 2. The Bertz CT molecular complexity index is 454. The number of amides is 2. The number of aliphatic carboxylic acids is 1. The van der Waals surface area contributed by atoms with Crippen LogP contribution in [-0.2, 0) is 16.6 Å². The second kappa shape index (κ2) is 5.10. The number of nitrogens with one attached hydrogen (secondary N) is 1. The van der Waals surface area contributed by atoms with Crippen LogP contribution in [0.3, 0.4) is 0 Å². The fourth-order valence-electron chi connectivity index (χ4n) is 1.17. The molecule has 0 saturated heterocycles. The van der Waals surface area contributed by atoms with Crippen LogP contribution in [0.15, 0.2) is 12.3 Å². The first-order chi connectivity index (χ1) is 7.90. The molecule has 1 atom stereocenters. The van der Waals surface area contributed by atoms with E-state index in [2.05, 4.69) is 10.4 Å². The normalized spacial score (nSPS) is 11.8. The summed E-state index contributed by atoms with van der Waals surface area (Å²) in [4.78, 5) is 32.9. The number of aryl methyl sites for hydroxylation is 1. The maximum absolute atomic E-state index is 11.6. The molecule has 1 aromatic rings. The highest BCUT2D eigenvalue weighted by atomic mass is 16.4. The van der Waals surface area contributed by atoms with E-state index in [-0.39, 0.29) is 5.69 Å². The summed E-state index contributed by atoms with van der Waals surface area (Å²) in [7, 11) is 1.62. The Morgan fingerprint density at radius 1 is 1.59 bits per heavy atom. The van der Waals surface area contributed by atoms with Gasteiger partial charge >= 0.3 is 5.97 Å². The van der Waals surface area contributed by atoms with Gasteiger partial charge in [-0.25, -0.2) is 4.79 Å². The van der Waals surface area contributed by atoms with E-state index >= 15 is 0 Å². The van der Waals surface area contributed by atoms with E-state index in [1.54, 1.807) is 13.2 Å². The highest BCUT2D eigenvalue weighted by Crippen LogP contribution is 1.98. The van der Waals surface area contributed by atoms with Crippen molar-refractivity contribution in [1.82, 2.24) is 15.1 Å². The lowest BCUT2D eigenvalue weighted by Gasteiger charge is -2.11. The molecule has 1 heterocycles. The van der Waals surface area contributed by atoms with Crippen molar-refractivity contribution in [3.63, 3.8) is 0 Å². The molecule has 92 valence electrons. The molecule has 1 aromatic heterocycles. The SMILES string of the molecule is Cn1ccc(C(=O)N[C@@H](CC(N)=O)C(=O)O)n1. The maximum atomic E-state index is 11.6. The van der Waals surface area contributed by atoms with Crippen LogP contribution in [0, 0.1) is 0 Å². The van der Waals surface area contributed by atoms with Gasteiger partial charge in [0.15, 0.2) is 0 Å². The third-order valence-corrected chi connectivity index (χ3v) is 1.95. The molecule has 4 N–H and O–H groups in total. The monoisotopic (exact) mass is 240 g/mol. The Labute approximate surface area is 96.4 Å². The van der Waals surface area contributed by atoms with Gasteiger partial charge in [0.25, 0.3) is 5.91 Å². The van der Waals surface area contributed by atoms with Crippen LogP contribution in [0.4, 0.5) is 0 Å². The van der Waals surface area contributed by atoms with Crippen molar-refractivity contribution in [2.75, 3.05) is 0 Å². The molecule has 0 bridgehead atoms. The zero-order chi connectivity index (χ0) is 13.0. The number of primary amides is 1. The topological polar surface area (TPSA) is 127 Å². The fraction of sp³-hybridized carbons (Fsp3) is 0.333. The summed E-state index contributed by atoms with van der Waals surface area (Å²) in [6, 6.07) is 0.0837. The molecular formula is C9H12N4O4. The Kier molecular flexibility index (Phi) is 3.81. The van der Waals surface area contributed by atoms with E-state index in [0.29, 0.717) is 0 Å². The molecule has 1 rings (SSSR count). The van der Waals surface area contributed by atoms with Crippen molar-refractivity contribution in [2.45, 2.75) is 12.5 Å². The summed E-state index contributed by atoms with van der Waals surface area (Å²) >= 11 is 0. The summed E-state index contributed by atoms with van der Waals surface area (Å²) in [5, 5.41) is 14.7. The Hall–Kier alpha value is -2.38. The van der Waals surface area contributed by atoms with E-state index < -0.39 is 30.2 Å². The second-order valence-corrected chi connectivity index (χ2v) is 3.41. The van der Waals surface area contributed by atoms with Crippen LogP contribution in [0.2, 0.25) is 0 Å². The molecule has 8 nitrogen and oxygen atoms in total.